The highest BCUT2D eigenvalue weighted by Crippen LogP contribution is 2.26. The second-order valence-electron chi connectivity index (χ2n) is 3.55. The van der Waals surface area contributed by atoms with Gasteiger partial charge in [-0.1, -0.05) is 13.0 Å². The Hall–Kier alpha value is -1.71. The number of esters is 1. The predicted molar refractivity (Wildman–Crippen MR) is 62.6 cm³/mol. The van der Waals surface area contributed by atoms with Gasteiger partial charge in [0.25, 0.3) is 0 Å². The average Bonchev–Trinajstić information content (AvgIpc) is 2.28. The van der Waals surface area contributed by atoms with Crippen molar-refractivity contribution in [1.82, 2.24) is 0 Å². The first-order chi connectivity index (χ1) is 7.60. The van der Waals surface area contributed by atoms with E-state index in [0.717, 1.165) is 6.42 Å². The van der Waals surface area contributed by atoms with Crippen molar-refractivity contribution in [3.05, 3.63) is 23.8 Å². The Bertz CT molecular complexity index is 377. The van der Waals surface area contributed by atoms with Crippen LogP contribution in [0.3, 0.4) is 0 Å². The van der Waals surface area contributed by atoms with Crippen LogP contribution < -0.4 is 10.5 Å². The van der Waals surface area contributed by atoms with Crippen LogP contribution in [-0.2, 0) is 4.74 Å². The van der Waals surface area contributed by atoms with Gasteiger partial charge in [-0.05, 0) is 25.5 Å². The van der Waals surface area contributed by atoms with Crippen molar-refractivity contribution in [2.24, 2.45) is 0 Å². The molecule has 0 aliphatic rings. The molecule has 0 amide bonds. The molecule has 0 fully saturated rings. The Morgan fingerprint density at radius 1 is 1.50 bits per heavy atom. The minimum atomic E-state index is -0.476. The van der Waals surface area contributed by atoms with E-state index in [1.165, 1.54) is 7.11 Å². The number of carbonyl (C=O) groups excluding carboxylic acids is 1. The van der Waals surface area contributed by atoms with Crippen molar-refractivity contribution in [1.29, 1.82) is 0 Å². The van der Waals surface area contributed by atoms with E-state index in [4.69, 9.17) is 10.5 Å². The first-order valence-electron chi connectivity index (χ1n) is 5.23. The average molecular weight is 223 g/mol. The lowest BCUT2D eigenvalue weighted by atomic mass is 10.1. The number of carbonyl (C=O) groups is 1. The van der Waals surface area contributed by atoms with Crippen LogP contribution in [-0.4, -0.2) is 19.2 Å². The highest BCUT2D eigenvalue weighted by molar-refractivity contribution is 5.98. The molecular weight excluding hydrogens is 206 g/mol. The summed E-state index contributed by atoms with van der Waals surface area (Å²) in [7, 11) is 1.32. The highest BCUT2D eigenvalue weighted by atomic mass is 16.5. The minimum Gasteiger partial charge on any atom is -0.490 e. The summed E-state index contributed by atoms with van der Waals surface area (Å²) in [4.78, 5) is 11.5. The van der Waals surface area contributed by atoms with E-state index in [-0.39, 0.29) is 6.10 Å². The van der Waals surface area contributed by atoms with Gasteiger partial charge in [0.2, 0.25) is 0 Å². The van der Waals surface area contributed by atoms with Crippen LogP contribution in [0.4, 0.5) is 5.69 Å². The molecule has 0 aliphatic heterocycles. The SMILES string of the molecule is CCC(C)Oc1cccc(N)c1C(=O)OC. The quantitative estimate of drug-likeness (QED) is 0.628. The van der Waals surface area contributed by atoms with Crippen LogP contribution >= 0.6 is 0 Å². The Kier molecular flexibility index (Phi) is 4.17. The second-order valence-corrected chi connectivity index (χ2v) is 3.55. The van der Waals surface area contributed by atoms with Crippen LogP contribution in [0.5, 0.6) is 5.75 Å². The lowest BCUT2D eigenvalue weighted by Crippen LogP contribution is -2.14. The van der Waals surface area contributed by atoms with Gasteiger partial charge in [-0.25, -0.2) is 4.79 Å². The summed E-state index contributed by atoms with van der Waals surface area (Å²) < 4.78 is 10.3. The van der Waals surface area contributed by atoms with Gasteiger partial charge in [0.15, 0.2) is 0 Å². The molecule has 1 aromatic carbocycles. The van der Waals surface area contributed by atoms with Crippen molar-refractivity contribution >= 4 is 11.7 Å². The van der Waals surface area contributed by atoms with Crippen LogP contribution in [0.2, 0.25) is 0 Å². The smallest absolute Gasteiger partial charge is 0.343 e. The van der Waals surface area contributed by atoms with E-state index < -0.39 is 5.97 Å². The fraction of sp³-hybridized carbons (Fsp3) is 0.417. The summed E-state index contributed by atoms with van der Waals surface area (Å²) >= 11 is 0. The van der Waals surface area contributed by atoms with E-state index in [2.05, 4.69) is 4.74 Å². The van der Waals surface area contributed by atoms with Gasteiger partial charge in [0, 0.05) is 5.69 Å². The molecule has 4 nitrogen and oxygen atoms in total. The van der Waals surface area contributed by atoms with Crippen LogP contribution in [0.25, 0.3) is 0 Å². The maximum absolute atomic E-state index is 11.5. The number of hydrogen-bond acceptors (Lipinski definition) is 4. The molecule has 1 atom stereocenters. The Labute approximate surface area is 95.3 Å². The molecule has 0 bridgehead atoms. The van der Waals surface area contributed by atoms with E-state index >= 15 is 0 Å². The molecule has 0 aliphatic carbocycles. The zero-order chi connectivity index (χ0) is 12.1. The Morgan fingerprint density at radius 2 is 2.19 bits per heavy atom. The van der Waals surface area contributed by atoms with E-state index in [9.17, 15) is 4.79 Å². The molecule has 4 heteroatoms. The van der Waals surface area contributed by atoms with Gasteiger partial charge in [-0.3, -0.25) is 0 Å². The number of ether oxygens (including phenoxy) is 2. The third kappa shape index (κ3) is 2.66. The fourth-order valence-electron chi connectivity index (χ4n) is 1.27. The number of nitrogens with two attached hydrogens (primary N) is 1. The molecule has 0 aromatic heterocycles. The van der Waals surface area contributed by atoms with Gasteiger partial charge >= 0.3 is 5.97 Å². The van der Waals surface area contributed by atoms with Gasteiger partial charge in [0.1, 0.15) is 11.3 Å². The van der Waals surface area contributed by atoms with Crippen LogP contribution in [0.1, 0.15) is 30.6 Å². The maximum atomic E-state index is 11.5. The van der Waals surface area contributed by atoms with Crippen molar-refractivity contribution in [2.45, 2.75) is 26.4 Å². The van der Waals surface area contributed by atoms with Crippen molar-refractivity contribution in [2.75, 3.05) is 12.8 Å². The number of benzene rings is 1. The second kappa shape index (κ2) is 5.39. The lowest BCUT2D eigenvalue weighted by Gasteiger charge is -2.16. The standard InChI is InChI=1S/C12H17NO3/c1-4-8(2)16-10-7-5-6-9(13)11(10)12(14)15-3/h5-8H,4,13H2,1-3H3. The topological polar surface area (TPSA) is 61.5 Å². The minimum absolute atomic E-state index is 0.0326. The van der Waals surface area contributed by atoms with Crippen molar-refractivity contribution in [3.63, 3.8) is 0 Å². The first-order valence-corrected chi connectivity index (χ1v) is 5.23. The molecule has 0 radical (unpaired) electrons. The van der Waals surface area contributed by atoms with E-state index in [0.29, 0.717) is 17.0 Å². The molecule has 0 saturated heterocycles. The van der Waals surface area contributed by atoms with Gasteiger partial charge in [-0.15, -0.1) is 0 Å². The zero-order valence-corrected chi connectivity index (χ0v) is 9.82. The van der Waals surface area contributed by atoms with Crippen molar-refractivity contribution < 1.29 is 14.3 Å². The third-order valence-electron chi connectivity index (χ3n) is 2.35. The number of nitrogen functional groups attached to an aromatic ring is 1. The van der Waals surface area contributed by atoms with Gasteiger partial charge in [-0.2, -0.15) is 0 Å². The Balaban J connectivity index is 3.07. The van der Waals surface area contributed by atoms with Gasteiger partial charge in [0.05, 0.1) is 13.2 Å². The van der Waals surface area contributed by atoms with E-state index in [1.54, 1.807) is 18.2 Å². The molecule has 0 heterocycles. The lowest BCUT2D eigenvalue weighted by molar-refractivity contribution is 0.0595. The molecule has 16 heavy (non-hydrogen) atoms. The molecule has 1 rings (SSSR count). The van der Waals surface area contributed by atoms with Crippen molar-refractivity contribution in [3.8, 4) is 5.75 Å². The third-order valence-corrected chi connectivity index (χ3v) is 2.35. The summed E-state index contributed by atoms with van der Waals surface area (Å²) in [5, 5.41) is 0. The molecule has 2 N–H and O–H groups in total. The molecule has 88 valence electrons. The first kappa shape index (κ1) is 12.4. The Morgan fingerprint density at radius 3 is 2.75 bits per heavy atom. The molecule has 0 spiro atoms. The van der Waals surface area contributed by atoms with Crippen LogP contribution in [0, 0.1) is 0 Å². The zero-order valence-electron chi connectivity index (χ0n) is 9.82. The maximum Gasteiger partial charge on any atom is 0.343 e. The molecular formula is C12H17NO3. The monoisotopic (exact) mass is 223 g/mol. The van der Waals surface area contributed by atoms with E-state index in [1.807, 2.05) is 13.8 Å². The highest BCUT2D eigenvalue weighted by Gasteiger charge is 2.17. The predicted octanol–water partition coefficient (Wildman–Crippen LogP) is 2.23. The number of rotatable bonds is 4. The fourth-order valence-corrected chi connectivity index (χ4v) is 1.27. The largest absolute Gasteiger partial charge is 0.490 e. The summed E-state index contributed by atoms with van der Waals surface area (Å²) in [5.74, 6) is -0.00222. The summed E-state index contributed by atoms with van der Waals surface area (Å²) in [6, 6.07) is 5.12. The molecule has 1 aromatic rings. The summed E-state index contributed by atoms with van der Waals surface area (Å²) in [5.41, 5.74) is 6.40. The van der Waals surface area contributed by atoms with Crippen LogP contribution in [0.15, 0.2) is 18.2 Å². The number of anilines is 1. The van der Waals surface area contributed by atoms with Gasteiger partial charge < -0.3 is 15.2 Å². The summed E-state index contributed by atoms with van der Waals surface area (Å²) in [6.07, 6.45) is 0.889. The number of hydrogen-bond donors (Lipinski definition) is 1. The number of methoxy groups -OCH3 is 1. The summed E-state index contributed by atoms with van der Waals surface area (Å²) in [6.45, 7) is 3.94. The normalized spacial score (nSPS) is 11.9. The molecule has 1 unspecified atom stereocenters. The molecule has 0 saturated carbocycles.